The van der Waals surface area contributed by atoms with E-state index in [0.29, 0.717) is 18.7 Å². The lowest BCUT2D eigenvalue weighted by Crippen LogP contribution is -2.47. The van der Waals surface area contributed by atoms with E-state index in [1.54, 1.807) is 0 Å². The van der Waals surface area contributed by atoms with Gasteiger partial charge in [0.2, 0.25) is 5.91 Å². The Labute approximate surface area is 212 Å². The lowest BCUT2D eigenvalue weighted by Gasteiger charge is -2.28. The number of morpholine rings is 1. The highest BCUT2D eigenvalue weighted by atomic mass is 16.5. The number of hydrogen-bond donors (Lipinski definition) is 2. The van der Waals surface area contributed by atoms with Crippen molar-refractivity contribution in [2.75, 3.05) is 53.0 Å². The summed E-state index contributed by atoms with van der Waals surface area (Å²) in [5, 5.41) is 13.4. The molecular weight excluding hydrogens is 456 g/mol. The van der Waals surface area contributed by atoms with Gasteiger partial charge in [-0.1, -0.05) is 36.4 Å². The summed E-state index contributed by atoms with van der Waals surface area (Å²) in [5.74, 6) is -0.240. The van der Waals surface area contributed by atoms with Crippen molar-refractivity contribution in [2.24, 2.45) is 11.8 Å². The SMILES string of the molecule is CN1[C@H](C(=O)NCCCN2CCOCC2)[C@@H](CO)[C@@H]2Cn3c(ccc(C=Cc4ccccc4)c3=O)[C@@H]21. The number of fused-ring (bicyclic) bond motifs is 3. The largest absolute Gasteiger partial charge is 0.396 e. The maximum atomic E-state index is 13.3. The number of likely N-dealkylation sites (tertiary alicyclic amines) is 1. The number of rotatable bonds is 8. The third kappa shape index (κ3) is 4.91. The number of likely N-dealkylation sites (N-methyl/N-ethyl adjacent to an activating group) is 1. The Bertz CT molecular complexity index is 1140. The Kier molecular flexibility index (Phi) is 7.67. The maximum Gasteiger partial charge on any atom is 0.258 e. The quantitative estimate of drug-likeness (QED) is 0.543. The van der Waals surface area contributed by atoms with Gasteiger partial charge in [0.25, 0.3) is 5.56 Å². The molecule has 0 bridgehead atoms. The fourth-order valence-electron chi connectivity index (χ4n) is 6.11. The van der Waals surface area contributed by atoms with Crippen LogP contribution in [0.25, 0.3) is 12.2 Å². The fourth-order valence-corrected chi connectivity index (χ4v) is 6.11. The van der Waals surface area contributed by atoms with Gasteiger partial charge in [0.05, 0.1) is 25.3 Å². The highest BCUT2D eigenvalue weighted by Gasteiger charge is 2.54. The van der Waals surface area contributed by atoms with E-state index in [0.717, 1.165) is 50.5 Å². The molecule has 3 aliphatic heterocycles. The summed E-state index contributed by atoms with van der Waals surface area (Å²) in [6.45, 7) is 5.42. The molecule has 36 heavy (non-hydrogen) atoms. The van der Waals surface area contributed by atoms with Gasteiger partial charge in [-0.05, 0) is 43.8 Å². The first kappa shape index (κ1) is 24.9. The molecule has 0 unspecified atom stereocenters. The van der Waals surface area contributed by atoms with Gasteiger partial charge in [0.1, 0.15) is 0 Å². The molecule has 1 amide bonds. The van der Waals surface area contributed by atoms with Crippen LogP contribution in [-0.2, 0) is 16.1 Å². The molecule has 1 aromatic carbocycles. The highest BCUT2D eigenvalue weighted by molar-refractivity contribution is 5.82. The summed E-state index contributed by atoms with van der Waals surface area (Å²) in [6, 6.07) is 13.3. The van der Waals surface area contributed by atoms with Crippen molar-refractivity contribution in [1.82, 2.24) is 19.7 Å². The number of benzene rings is 1. The third-order valence-corrected chi connectivity index (χ3v) is 7.96. The Morgan fingerprint density at radius 2 is 1.92 bits per heavy atom. The number of ether oxygens (including phenoxy) is 1. The van der Waals surface area contributed by atoms with Gasteiger partial charge in [-0.25, -0.2) is 0 Å². The number of carbonyl (C=O) groups is 1. The third-order valence-electron chi connectivity index (χ3n) is 7.96. The van der Waals surface area contributed by atoms with E-state index >= 15 is 0 Å². The van der Waals surface area contributed by atoms with Crippen LogP contribution in [0, 0.1) is 11.8 Å². The van der Waals surface area contributed by atoms with Crippen LogP contribution in [0.3, 0.4) is 0 Å². The van der Waals surface area contributed by atoms with Crippen LogP contribution in [0.4, 0.5) is 0 Å². The molecule has 192 valence electrons. The smallest absolute Gasteiger partial charge is 0.258 e. The molecule has 8 heteroatoms. The van der Waals surface area contributed by atoms with Gasteiger partial charge in [0.15, 0.2) is 0 Å². The molecule has 8 nitrogen and oxygen atoms in total. The topological polar surface area (TPSA) is 87.0 Å². The molecule has 0 aliphatic carbocycles. The second kappa shape index (κ2) is 11.1. The zero-order valence-corrected chi connectivity index (χ0v) is 20.9. The zero-order valence-electron chi connectivity index (χ0n) is 20.9. The van der Waals surface area contributed by atoms with Crippen LogP contribution < -0.4 is 10.9 Å². The zero-order chi connectivity index (χ0) is 25.1. The normalized spacial score (nSPS) is 26.3. The van der Waals surface area contributed by atoms with E-state index in [1.165, 1.54) is 0 Å². The van der Waals surface area contributed by atoms with Crippen molar-refractivity contribution in [2.45, 2.75) is 25.0 Å². The lowest BCUT2D eigenvalue weighted by atomic mass is 9.88. The van der Waals surface area contributed by atoms with Gasteiger partial charge in [-0.15, -0.1) is 0 Å². The Morgan fingerprint density at radius 3 is 2.67 bits per heavy atom. The van der Waals surface area contributed by atoms with Crippen LogP contribution in [0.2, 0.25) is 0 Å². The van der Waals surface area contributed by atoms with Crippen LogP contribution in [0.5, 0.6) is 0 Å². The molecule has 0 radical (unpaired) electrons. The highest BCUT2D eigenvalue weighted by Crippen LogP contribution is 2.48. The number of hydrogen-bond acceptors (Lipinski definition) is 6. The molecule has 2 N–H and O–H groups in total. The van der Waals surface area contributed by atoms with Crippen molar-refractivity contribution >= 4 is 18.1 Å². The van der Waals surface area contributed by atoms with Crippen LogP contribution >= 0.6 is 0 Å². The van der Waals surface area contributed by atoms with Crippen molar-refractivity contribution in [1.29, 1.82) is 0 Å². The predicted octanol–water partition coefficient (Wildman–Crippen LogP) is 1.45. The molecule has 1 aromatic heterocycles. The Balaban J connectivity index is 1.26. The standard InChI is InChI=1S/C28H36N4O4/c1-30-25-22(23(19-33)26(30)27(34)29-12-5-13-31-14-16-36-17-15-31)18-32-24(25)11-10-21(28(32)35)9-8-20-6-3-2-4-7-20/h2-4,6-11,22-23,25-26,33H,5,12-19H2,1H3,(H,29,34)/t22-,23-,25+,26-/m0/s1. The van der Waals surface area contributed by atoms with E-state index in [2.05, 4.69) is 15.1 Å². The number of nitrogens with zero attached hydrogens (tertiary/aromatic N) is 3. The molecule has 2 aromatic rings. The van der Waals surface area contributed by atoms with E-state index in [4.69, 9.17) is 4.74 Å². The molecule has 0 spiro atoms. The van der Waals surface area contributed by atoms with Crippen molar-refractivity contribution in [3.8, 4) is 0 Å². The second-order valence-electron chi connectivity index (χ2n) is 10.0. The second-order valence-corrected chi connectivity index (χ2v) is 10.0. The number of nitrogens with one attached hydrogen (secondary N) is 1. The average Bonchev–Trinajstić information content (AvgIpc) is 3.42. The molecule has 4 heterocycles. The molecule has 0 saturated carbocycles. The Hall–Kier alpha value is -2.78. The number of aliphatic hydroxyl groups is 1. The van der Waals surface area contributed by atoms with Gasteiger partial charge in [-0.3, -0.25) is 19.4 Å². The Morgan fingerprint density at radius 1 is 1.14 bits per heavy atom. The summed E-state index contributed by atoms with van der Waals surface area (Å²) >= 11 is 0. The summed E-state index contributed by atoms with van der Waals surface area (Å²) in [5.41, 5.74) is 2.58. The number of carbonyl (C=O) groups excluding carboxylic acids is 1. The summed E-state index contributed by atoms with van der Waals surface area (Å²) in [6.07, 6.45) is 4.69. The van der Waals surface area contributed by atoms with E-state index < -0.39 is 6.04 Å². The molecule has 4 atom stereocenters. The monoisotopic (exact) mass is 492 g/mol. The van der Waals surface area contributed by atoms with Gasteiger partial charge >= 0.3 is 0 Å². The summed E-state index contributed by atoms with van der Waals surface area (Å²) in [4.78, 5) is 30.9. The van der Waals surface area contributed by atoms with Gasteiger partial charge < -0.3 is 19.7 Å². The summed E-state index contributed by atoms with van der Waals surface area (Å²) < 4.78 is 7.22. The number of aliphatic hydroxyl groups excluding tert-OH is 1. The van der Waals surface area contributed by atoms with Crippen LogP contribution in [-0.4, -0.2) is 84.5 Å². The molecular formula is C28H36N4O4. The van der Waals surface area contributed by atoms with Crippen molar-refractivity contribution < 1.29 is 14.6 Å². The number of amides is 1. The number of aromatic nitrogens is 1. The van der Waals surface area contributed by atoms with Crippen LogP contribution in [0.1, 0.15) is 29.3 Å². The number of pyridine rings is 1. The van der Waals surface area contributed by atoms with E-state index in [1.807, 2.05) is 66.2 Å². The van der Waals surface area contributed by atoms with Crippen molar-refractivity contribution in [3.63, 3.8) is 0 Å². The van der Waals surface area contributed by atoms with Gasteiger partial charge in [-0.2, -0.15) is 0 Å². The van der Waals surface area contributed by atoms with E-state index in [9.17, 15) is 14.7 Å². The fraction of sp³-hybridized carbons (Fsp3) is 0.500. The molecule has 5 rings (SSSR count). The van der Waals surface area contributed by atoms with Crippen molar-refractivity contribution in [3.05, 3.63) is 69.6 Å². The lowest BCUT2D eigenvalue weighted by molar-refractivity contribution is -0.127. The first-order valence-electron chi connectivity index (χ1n) is 13.0. The summed E-state index contributed by atoms with van der Waals surface area (Å²) in [7, 11) is 1.94. The molecule has 2 fully saturated rings. The van der Waals surface area contributed by atoms with Gasteiger partial charge in [0, 0.05) is 55.9 Å². The first-order chi connectivity index (χ1) is 17.6. The van der Waals surface area contributed by atoms with E-state index in [-0.39, 0.29) is 36.0 Å². The minimum atomic E-state index is -0.408. The van der Waals surface area contributed by atoms with Crippen LogP contribution in [0.15, 0.2) is 47.3 Å². The minimum absolute atomic E-state index is 0.0187. The minimum Gasteiger partial charge on any atom is -0.396 e. The first-order valence-corrected chi connectivity index (χ1v) is 13.0. The average molecular weight is 493 g/mol. The predicted molar refractivity (Wildman–Crippen MR) is 139 cm³/mol. The maximum absolute atomic E-state index is 13.3. The molecule has 3 aliphatic rings. The molecule has 2 saturated heterocycles.